The van der Waals surface area contributed by atoms with E-state index in [1.54, 1.807) is 0 Å². The van der Waals surface area contributed by atoms with E-state index in [-0.39, 0.29) is 5.41 Å². The second kappa shape index (κ2) is 9.05. The Hall–Kier alpha value is -0.570. The van der Waals surface area contributed by atoms with E-state index in [2.05, 4.69) is 30.6 Å². The Kier molecular flexibility index (Phi) is 7.39. The normalized spacial score (nSPS) is 23.2. The molecule has 1 saturated heterocycles. The third-order valence-corrected chi connectivity index (χ3v) is 6.09. The minimum Gasteiger partial charge on any atom is -0.340 e. The van der Waals surface area contributed by atoms with E-state index in [1.807, 2.05) is 0 Å². The molecule has 2 aliphatic rings. The molecule has 1 amide bonds. The van der Waals surface area contributed by atoms with Crippen molar-refractivity contribution in [2.75, 3.05) is 26.2 Å². The minimum atomic E-state index is -0.126. The van der Waals surface area contributed by atoms with Gasteiger partial charge in [0.2, 0.25) is 5.91 Å². The van der Waals surface area contributed by atoms with E-state index in [0.29, 0.717) is 5.91 Å². The molecule has 1 unspecified atom stereocenters. The fourth-order valence-corrected chi connectivity index (χ4v) is 4.60. The van der Waals surface area contributed by atoms with Gasteiger partial charge in [0.05, 0.1) is 0 Å². The van der Waals surface area contributed by atoms with Crippen molar-refractivity contribution in [1.82, 2.24) is 9.80 Å². The average molecular weight is 323 g/mol. The molecule has 0 radical (unpaired) electrons. The third kappa shape index (κ3) is 4.95. The van der Waals surface area contributed by atoms with E-state index in [9.17, 15) is 4.79 Å². The molecule has 2 fully saturated rings. The SMILES string of the molecule is CCCCCC(C)(CCC)C(=O)N1CCN(C2CCCC2)CC1. The first-order chi connectivity index (χ1) is 11.1. The van der Waals surface area contributed by atoms with Gasteiger partial charge < -0.3 is 4.90 Å². The van der Waals surface area contributed by atoms with Gasteiger partial charge in [0.1, 0.15) is 0 Å². The quantitative estimate of drug-likeness (QED) is 0.616. The van der Waals surface area contributed by atoms with Crippen molar-refractivity contribution in [2.24, 2.45) is 5.41 Å². The van der Waals surface area contributed by atoms with Crippen LogP contribution in [-0.4, -0.2) is 47.9 Å². The molecule has 1 aliphatic carbocycles. The van der Waals surface area contributed by atoms with Gasteiger partial charge in [0.25, 0.3) is 0 Å². The van der Waals surface area contributed by atoms with Gasteiger partial charge in [-0.2, -0.15) is 0 Å². The summed E-state index contributed by atoms with van der Waals surface area (Å²) >= 11 is 0. The van der Waals surface area contributed by atoms with Crippen molar-refractivity contribution in [3.05, 3.63) is 0 Å². The summed E-state index contributed by atoms with van der Waals surface area (Å²) in [4.78, 5) is 18.0. The Morgan fingerprint density at radius 1 is 0.957 bits per heavy atom. The molecule has 1 atom stereocenters. The van der Waals surface area contributed by atoms with E-state index in [0.717, 1.165) is 51.5 Å². The molecule has 23 heavy (non-hydrogen) atoms. The molecule has 2 rings (SSSR count). The molecule has 0 bridgehead atoms. The number of amides is 1. The fraction of sp³-hybridized carbons (Fsp3) is 0.950. The van der Waals surface area contributed by atoms with E-state index < -0.39 is 0 Å². The van der Waals surface area contributed by atoms with Gasteiger partial charge in [-0.15, -0.1) is 0 Å². The van der Waals surface area contributed by atoms with Crippen molar-refractivity contribution in [2.45, 2.75) is 91.0 Å². The van der Waals surface area contributed by atoms with Crippen LogP contribution in [0.4, 0.5) is 0 Å². The summed E-state index contributed by atoms with van der Waals surface area (Å²) < 4.78 is 0. The topological polar surface area (TPSA) is 23.6 Å². The number of unbranched alkanes of at least 4 members (excludes halogenated alkanes) is 2. The van der Waals surface area contributed by atoms with Crippen molar-refractivity contribution in [3.63, 3.8) is 0 Å². The zero-order chi connectivity index (χ0) is 16.7. The highest BCUT2D eigenvalue weighted by Gasteiger charge is 2.37. The lowest BCUT2D eigenvalue weighted by Crippen LogP contribution is -2.54. The lowest BCUT2D eigenvalue weighted by Gasteiger charge is -2.41. The van der Waals surface area contributed by atoms with E-state index >= 15 is 0 Å². The summed E-state index contributed by atoms with van der Waals surface area (Å²) in [7, 11) is 0. The largest absolute Gasteiger partial charge is 0.340 e. The number of rotatable bonds is 8. The predicted octanol–water partition coefficient (Wildman–Crippen LogP) is 4.46. The molecule has 3 nitrogen and oxygen atoms in total. The first kappa shape index (κ1) is 18.8. The molecule has 1 saturated carbocycles. The number of carbonyl (C=O) groups is 1. The highest BCUT2D eigenvalue weighted by Crippen LogP contribution is 2.33. The van der Waals surface area contributed by atoms with Crippen LogP contribution in [0, 0.1) is 5.41 Å². The molecule has 134 valence electrons. The summed E-state index contributed by atoms with van der Waals surface area (Å²) in [5.74, 6) is 0.432. The number of nitrogens with zero attached hydrogens (tertiary/aromatic N) is 2. The maximum atomic E-state index is 13.1. The van der Waals surface area contributed by atoms with E-state index in [1.165, 1.54) is 44.9 Å². The molecule has 0 spiro atoms. The van der Waals surface area contributed by atoms with Crippen molar-refractivity contribution >= 4 is 5.91 Å². The molecule has 0 aromatic carbocycles. The van der Waals surface area contributed by atoms with Crippen LogP contribution in [0.25, 0.3) is 0 Å². The van der Waals surface area contributed by atoms with Gasteiger partial charge in [0.15, 0.2) is 0 Å². The number of piperazine rings is 1. The predicted molar refractivity (Wildman–Crippen MR) is 97.6 cm³/mol. The molecule has 0 aromatic rings. The molecular formula is C20H38N2O. The zero-order valence-electron chi connectivity index (χ0n) is 15.8. The van der Waals surface area contributed by atoms with Crippen LogP contribution in [0.3, 0.4) is 0 Å². The summed E-state index contributed by atoms with van der Waals surface area (Å²) in [6.07, 6.45) is 12.4. The highest BCUT2D eigenvalue weighted by molar-refractivity contribution is 5.82. The van der Waals surface area contributed by atoms with Crippen LogP contribution in [0.2, 0.25) is 0 Å². The molecule has 3 heteroatoms. The van der Waals surface area contributed by atoms with Gasteiger partial charge in [-0.1, -0.05) is 59.3 Å². The molecule has 0 N–H and O–H groups in total. The van der Waals surface area contributed by atoms with Crippen molar-refractivity contribution < 1.29 is 4.79 Å². The van der Waals surface area contributed by atoms with Gasteiger partial charge in [-0.3, -0.25) is 9.69 Å². The lowest BCUT2D eigenvalue weighted by atomic mass is 9.79. The molecular weight excluding hydrogens is 284 g/mol. The zero-order valence-corrected chi connectivity index (χ0v) is 15.8. The lowest BCUT2D eigenvalue weighted by molar-refractivity contribution is -0.144. The maximum Gasteiger partial charge on any atom is 0.228 e. The number of carbonyl (C=O) groups excluding carboxylic acids is 1. The van der Waals surface area contributed by atoms with Gasteiger partial charge in [-0.25, -0.2) is 0 Å². The monoisotopic (exact) mass is 322 g/mol. The van der Waals surface area contributed by atoms with E-state index in [4.69, 9.17) is 0 Å². The summed E-state index contributed by atoms with van der Waals surface area (Å²) in [6, 6.07) is 0.804. The van der Waals surface area contributed by atoms with Crippen molar-refractivity contribution in [3.8, 4) is 0 Å². The van der Waals surface area contributed by atoms with Crippen LogP contribution in [0.1, 0.15) is 85.0 Å². The van der Waals surface area contributed by atoms with Gasteiger partial charge >= 0.3 is 0 Å². The number of hydrogen-bond acceptors (Lipinski definition) is 2. The van der Waals surface area contributed by atoms with Gasteiger partial charge in [0, 0.05) is 37.6 Å². The Balaban J connectivity index is 1.87. The van der Waals surface area contributed by atoms with Gasteiger partial charge in [-0.05, 0) is 25.7 Å². The maximum absolute atomic E-state index is 13.1. The molecule has 1 aliphatic heterocycles. The standard InChI is InChI=1S/C20H38N2O/c1-4-6-9-13-20(3,12-5-2)19(23)22-16-14-21(15-17-22)18-10-7-8-11-18/h18H,4-17H2,1-3H3. The fourth-order valence-electron chi connectivity index (χ4n) is 4.60. The highest BCUT2D eigenvalue weighted by atomic mass is 16.2. The Morgan fingerprint density at radius 2 is 1.61 bits per heavy atom. The van der Waals surface area contributed by atoms with Crippen LogP contribution >= 0.6 is 0 Å². The summed E-state index contributed by atoms with van der Waals surface area (Å²) in [6.45, 7) is 10.7. The van der Waals surface area contributed by atoms with Crippen LogP contribution in [0.15, 0.2) is 0 Å². The first-order valence-electron chi connectivity index (χ1n) is 10.1. The molecule has 0 aromatic heterocycles. The Labute approximate surface area is 143 Å². The third-order valence-electron chi connectivity index (χ3n) is 6.09. The summed E-state index contributed by atoms with van der Waals surface area (Å²) in [5, 5.41) is 0. The Morgan fingerprint density at radius 3 is 2.17 bits per heavy atom. The minimum absolute atomic E-state index is 0.126. The van der Waals surface area contributed by atoms with Crippen LogP contribution < -0.4 is 0 Å². The Bertz CT molecular complexity index is 357. The van der Waals surface area contributed by atoms with Crippen LogP contribution in [-0.2, 0) is 4.79 Å². The molecule has 1 heterocycles. The number of hydrogen-bond donors (Lipinski definition) is 0. The second-order valence-corrected chi connectivity index (χ2v) is 8.03. The van der Waals surface area contributed by atoms with Crippen LogP contribution in [0.5, 0.6) is 0 Å². The van der Waals surface area contributed by atoms with Crippen molar-refractivity contribution in [1.29, 1.82) is 0 Å². The first-order valence-corrected chi connectivity index (χ1v) is 10.1. The summed E-state index contributed by atoms with van der Waals surface area (Å²) in [5.41, 5.74) is -0.126. The second-order valence-electron chi connectivity index (χ2n) is 8.03. The average Bonchev–Trinajstić information content (AvgIpc) is 3.09. The smallest absolute Gasteiger partial charge is 0.228 e.